The van der Waals surface area contributed by atoms with Gasteiger partial charge >= 0.3 is 0 Å². The highest BCUT2D eigenvalue weighted by Gasteiger charge is 2.27. The van der Waals surface area contributed by atoms with Crippen LogP contribution in [0.4, 0.5) is 4.39 Å². The summed E-state index contributed by atoms with van der Waals surface area (Å²) in [6.07, 6.45) is 1.08. The van der Waals surface area contributed by atoms with Gasteiger partial charge < -0.3 is 5.32 Å². The Bertz CT molecular complexity index is 79.0. The summed E-state index contributed by atoms with van der Waals surface area (Å²) in [5.41, 5.74) is 0. The number of hydrogen-bond donors (Lipinski definition) is 1. The normalized spacial score (nSPS) is 34.0. The van der Waals surface area contributed by atoms with Gasteiger partial charge in [0.15, 0.2) is 0 Å². The van der Waals surface area contributed by atoms with E-state index < -0.39 is 6.17 Å². The van der Waals surface area contributed by atoms with Crippen molar-refractivity contribution in [3.05, 3.63) is 0 Å². The van der Waals surface area contributed by atoms with E-state index in [-0.39, 0.29) is 0 Å². The second kappa shape index (κ2) is 3.16. The number of rotatable bonds is 3. The Kier molecular flexibility index (Phi) is 2.46. The molecule has 0 radical (unpaired) electrons. The molecule has 2 heteroatoms. The molecule has 1 saturated carbocycles. The molecule has 0 aromatic heterocycles. The second-order valence-electron chi connectivity index (χ2n) is 2.74. The van der Waals surface area contributed by atoms with Crippen molar-refractivity contribution in [2.24, 2.45) is 5.92 Å². The highest BCUT2D eigenvalue weighted by molar-refractivity contribution is 4.80. The molecule has 1 aliphatic rings. The summed E-state index contributed by atoms with van der Waals surface area (Å²) in [5, 5.41) is 3.20. The molecule has 0 heterocycles. The van der Waals surface area contributed by atoms with E-state index in [2.05, 4.69) is 12.2 Å². The van der Waals surface area contributed by atoms with Crippen molar-refractivity contribution in [1.82, 2.24) is 5.32 Å². The van der Waals surface area contributed by atoms with Crippen LogP contribution in [0.3, 0.4) is 0 Å². The number of alkyl halides is 1. The molecular formula is C7H14FN. The third kappa shape index (κ3) is 1.94. The lowest BCUT2D eigenvalue weighted by molar-refractivity contribution is 0.130. The summed E-state index contributed by atoms with van der Waals surface area (Å²) in [6.45, 7) is 4.09. The van der Waals surface area contributed by atoms with Crippen LogP contribution in [-0.4, -0.2) is 19.3 Å². The van der Waals surface area contributed by atoms with Gasteiger partial charge in [0.05, 0.1) is 0 Å². The molecule has 1 rings (SSSR count). The van der Waals surface area contributed by atoms with Gasteiger partial charge in [-0.2, -0.15) is 0 Å². The largest absolute Gasteiger partial charge is 0.317 e. The zero-order chi connectivity index (χ0) is 6.69. The molecule has 1 N–H and O–H groups in total. The van der Waals surface area contributed by atoms with E-state index in [4.69, 9.17) is 0 Å². The molecule has 0 amide bonds. The zero-order valence-electron chi connectivity index (χ0n) is 5.86. The van der Waals surface area contributed by atoms with Crippen LogP contribution in [-0.2, 0) is 0 Å². The smallest absolute Gasteiger partial charge is 0.101 e. The lowest BCUT2D eigenvalue weighted by atomic mass is 9.83. The first-order valence-corrected chi connectivity index (χ1v) is 3.67. The molecule has 0 aromatic carbocycles. The predicted octanol–water partition coefficient (Wildman–Crippen LogP) is 1.34. The summed E-state index contributed by atoms with van der Waals surface area (Å²) in [5.74, 6) is 0.625. The molecule has 1 aliphatic carbocycles. The summed E-state index contributed by atoms with van der Waals surface area (Å²) in [6, 6.07) is 0. The summed E-state index contributed by atoms with van der Waals surface area (Å²) in [7, 11) is 0. The van der Waals surface area contributed by atoms with E-state index in [1.54, 1.807) is 0 Å². The van der Waals surface area contributed by atoms with Gasteiger partial charge in [-0.1, -0.05) is 6.92 Å². The highest BCUT2D eigenvalue weighted by atomic mass is 19.1. The molecule has 9 heavy (non-hydrogen) atoms. The van der Waals surface area contributed by atoms with Crippen molar-refractivity contribution in [3.8, 4) is 0 Å². The van der Waals surface area contributed by atoms with Gasteiger partial charge in [-0.3, -0.25) is 0 Å². The zero-order valence-corrected chi connectivity index (χ0v) is 5.86. The SMILES string of the molecule is CCNCC1CC(F)C1. The first-order valence-electron chi connectivity index (χ1n) is 3.67. The van der Waals surface area contributed by atoms with E-state index in [9.17, 15) is 4.39 Å². The molecular weight excluding hydrogens is 117 g/mol. The minimum absolute atomic E-state index is 0.492. The fourth-order valence-electron chi connectivity index (χ4n) is 1.17. The molecule has 1 nitrogen and oxygen atoms in total. The average Bonchev–Trinajstić information content (AvgIpc) is 1.78. The van der Waals surface area contributed by atoms with Crippen molar-refractivity contribution in [2.75, 3.05) is 13.1 Å². The van der Waals surface area contributed by atoms with Crippen LogP contribution < -0.4 is 5.32 Å². The fraction of sp³-hybridized carbons (Fsp3) is 1.00. The van der Waals surface area contributed by atoms with Crippen LogP contribution in [0.25, 0.3) is 0 Å². The van der Waals surface area contributed by atoms with Crippen LogP contribution in [0.15, 0.2) is 0 Å². The average molecular weight is 131 g/mol. The van der Waals surface area contributed by atoms with Gasteiger partial charge in [0.1, 0.15) is 6.17 Å². The Balaban J connectivity index is 1.91. The standard InChI is InChI=1S/C7H14FN/c1-2-9-5-6-3-7(8)4-6/h6-7,9H,2-5H2,1H3. The molecule has 0 unspecified atom stereocenters. The molecule has 0 atom stereocenters. The van der Waals surface area contributed by atoms with Gasteiger partial charge in [0.2, 0.25) is 0 Å². The van der Waals surface area contributed by atoms with Crippen LogP contribution in [0.2, 0.25) is 0 Å². The molecule has 1 fully saturated rings. The number of hydrogen-bond acceptors (Lipinski definition) is 1. The highest BCUT2D eigenvalue weighted by Crippen LogP contribution is 2.28. The van der Waals surface area contributed by atoms with Gasteiger partial charge in [0.25, 0.3) is 0 Å². The van der Waals surface area contributed by atoms with Crippen molar-refractivity contribution in [1.29, 1.82) is 0 Å². The Morgan fingerprint density at radius 3 is 2.67 bits per heavy atom. The maximum atomic E-state index is 12.2. The topological polar surface area (TPSA) is 12.0 Å². The molecule has 0 spiro atoms. The minimum Gasteiger partial charge on any atom is -0.317 e. The summed E-state index contributed by atoms with van der Waals surface area (Å²) >= 11 is 0. The van der Waals surface area contributed by atoms with Gasteiger partial charge in [-0.25, -0.2) is 4.39 Å². The monoisotopic (exact) mass is 131 g/mol. The van der Waals surface area contributed by atoms with E-state index in [0.29, 0.717) is 5.92 Å². The first-order chi connectivity index (χ1) is 4.33. The lowest BCUT2D eigenvalue weighted by Gasteiger charge is -2.29. The minimum atomic E-state index is -0.492. The third-order valence-corrected chi connectivity index (χ3v) is 1.86. The predicted molar refractivity (Wildman–Crippen MR) is 36.2 cm³/mol. The van der Waals surface area contributed by atoms with Crippen molar-refractivity contribution in [2.45, 2.75) is 25.9 Å². The van der Waals surface area contributed by atoms with Gasteiger partial charge in [0, 0.05) is 0 Å². The Morgan fingerprint density at radius 1 is 1.56 bits per heavy atom. The van der Waals surface area contributed by atoms with E-state index in [1.807, 2.05) is 0 Å². The third-order valence-electron chi connectivity index (χ3n) is 1.86. The Morgan fingerprint density at radius 2 is 2.22 bits per heavy atom. The molecule has 0 bridgehead atoms. The molecule has 0 aliphatic heterocycles. The van der Waals surface area contributed by atoms with Crippen LogP contribution in [0.1, 0.15) is 19.8 Å². The maximum absolute atomic E-state index is 12.2. The van der Waals surface area contributed by atoms with Crippen LogP contribution in [0.5, 0.6) is 0 Å². The number of halogens is 1. The van der Waals surface area contributed by atoms with Gasteiger partial charge in [-0.05, 0) is 31.8 Å². The Labute approximate surface area is 55.6 Å². The molecule has 0 aromatic rings. The lowest BCUT2D eigenvalue weighted by Crippen LogP contribution is -2.33. The maximum Gasteiger partial charge on any atom is 0.101 e. The van der Waals surface area contributed by atoms with E-state index >= 15 is 0 Å². The summed E-state index contributed by atoms with van der Waals surface area (Å²) in [4.78, 5) is 0. The van der Waals surface area contributed by atoms with Crippen LogP contribution >= 0.6 is 0 Å². The summed E-state index contributed by atoms with van der Waals surface area (Å²) < 4.78 is 12.2. The fourth-order valence-corrected chi connectivity index (χ4v) is 1.17. The number of nitrogens with one attached hydrogen (secondary N) is 1. The van der Waals surface area contributed by atoms with Crippen molar-refractivity contribution < 1.29 is 4.39 Å². The molecule has 0 saturated heterocycles. The van der Waals surface area contributed by atoms with Crippen LogP contribution in [0, 0.1) is 5.92 Å². The quantitative estimate of drug-likeness (QED) is 0.609. The molecule has 54 valence electrons. The van der Waals surface area contributed by atoms with E-state index in [0.717, 1.165) is 25.9 Å². The van der Waals surface area contributed by atoms with Crippen molar-refractivity contribution >= 4 is 0 Å². The Hall–Kier alpha value is -0.110. The van der Waals surface area contributed by atoms with Crippen molar-refractivity contribution in [3.63, 3.8) is 0 Å². The van der Waals surface area contributed by atoms with Gasteiger partial charge in [-0.15, -0.1) is 0 Å². The first kappa shape index (κ1) is 7.00. The van der Waals surface area contributed by atoms with E-state index in [1.165, 1.54) is 0 Å². The second-order valence-corrected chi connectivity index (χ2v) is 2.74.